The van der Waals surface area contributed by atoms with Crippen LogP contribution in [-0.2, 0) is 22.7 Å². The molecule has 2 fully saturated rings. The normalized spacial score (nSPS) is 17.4. The van der Waals surface area contributed by atoms with Gasteiger partial charge in [0.05, 0.1) is 10.5 Å². The molecule has 2 heterocycles. The highest BCUT2D eigenvalue weighted by Crippen LogP contribution is 2.28. The first kappa shape index (κ1) is 43.3. The number of fused-ring (bicyclic) bond motifs is 2. The highest BCUT2D eigenvalue weighted by Gasteiger charge is 2.28. The lowest BCUT2D eigenvalue weighted by atomic mass is 10.0. The number of nitrogens with two attached hydrogens (primary N) is 1. The number of rotatable bonds is 9. The molecule has 0 aromatic heterocycles. The van der Waals surface area contributed by atoms with E-state index in [4.69, 9.17) is 5.73 Å². The summed E-state index contributed by atoms with van der Waals surface area (Å²) < 4.78 is 26.2. The standard InChI is InChI=1S/C25H24FN3O3.C25H26FN3O/c1-18-16-27(17-19-6-9-23(26)10-7-19)12-13-28(18)25(30)11-8-22-14-20-4-2-3-5-21(20)15-24(22)29(31)32;1-18-16-28(17-19-6-9-23(26)10-7-19)12-13-29(18)25(30)11-8-22-14-20-4-2-3-5-21(20)15-24(22)27/h2-11,14-15,18H,12-13,16-17H2,1H3;2-11,14-15,18H,12-13,16-17,27H2,1H3/b2*11-8+/t2*18-/m11/s1. The van der Waals surface area contributed by atoms with E-state index < -0.39 is 4.92 Å². The number of anilines is 1. The first-order valence-corrected chi connectivity index (χ1v) is 20.8. The number of halogens is 2. The first-order chi connectivity index (χ1) is 29.9. The molecule has 0 radical (unpaired) electrons. The Morgan fingerprint density at radius 3 is 1.47 bits per heavy atom. The maximum atomic E-state index is 13.1. The van der Waals surface area contributed by atoms with Gasteiger partial charge in [0.2, 0.25) is 11.8 Å². The minimum atomic E-state index is -0.423. The van der Waals surface area contributed by atoms with E-state index in [0.29, 0.717) is 44.0 Å². The summed E-state index contributed by atoms with van der Waals surface area (Å²) in [6.45, 7) is 9.72. The molecule has 0 aliphatic carbocycles. The van der Waals surface area contributed by atoms with Crippen LogP contribution in [0.15, 0.2) is 133 Å². The lowest BCUT2D eigenvalue weighted by Crippen LogP contribution is -2.53. The van der Waals surface area contributed by atoms with Crippen LogP contribution >= 0.6 is 0 Å². The van der Waals surface area contributed by atoms with E-state index in [1.807, 2.05) is 90.7 Å². The van der Waals surface area contributed by atoms with Gasteiger partial charge in [0, 0.05) is 88.3 Å². The Morgan fingerprint density at radius 2 is 1.03 bits per heavy atom. The van der Waals surface area contributed by atoms with Crippen LogP contribution < -0.4 is 5.73 Å². The number of nitro benzene ring substituents is 1. The van der Waals surface area contributed by atoms with Crippen molar-refractivity contribution in [3.05, 3.63) is 177 Å². The molecule has 2 saturated heterocycles. The molecule has 2 amide bonds. The first-order valence-electron chi connectivity index (χ1n) is 20.8. The molecule has 2 N–H and O–H groups in total. The third kappa shape index (κ3) is 10.9. The van der Waals surface area contributed by atoms with Crippen LogP contribution in [0.3, 0.4) is 0 Å². The van der Waals surface area contributed by atoms with E-state index in [2.05, 4.69) is 16.7 Å². The topological polar surface area (TPSA) is 116 Å². The van der Waals surface area contributed by atoms with Crippen molar-refractivity contribution in [2.24, 2.45) is 0 Å². The van der Waals surface area contributed by atoms with Crippen LogP contribution in [0.5, 0.6) is 0 Å². The van der Waals surface area contributed by atoms with Gasteiger partial charge in [-0.3, -0.25) is 29.5 Å². The lowest BCUT2D eigenvalue weighted by Gasteiger charge is -2.39. The van der Waals surface area contributed by atoms with Crippen LogP contribution in [0.1, 0.15) is 36.1 Å². The fraction of sp³-hybridized carbons (Fsp3) is 0.240. The van der Waals surface area contributed by atoms with E-state index in [9.17, 15) is 28.5 Å². The summed E-state index contributed by atoms with van der Waals surface area (Å²) in [6, 6.07) is 35.8. The highest BCUT2D eigenvalue weighted by atomic mass is 19.1. The summed E-state index contributed by atoms with van der Waals surface area (Å²) in [5.41, 5.74) is 10.2. The van der Waals surface area contributed by atoms with Crippen LogP contribution in [0.4, 0.5) is 20.2 Å². The number of benzene rings is 6. The molecule has 2 aliphatic heterocycles. The molecule has 6 aromatic rings. The molecule has 0 unspecified atom stereocenters. The van der Waals surface area contributed by atoms with Crippen molar-refractivity contribution in [3.63, 3.8) is 0 Å². The quantitative estimate of drug-likeness (QED) is 0.0670. The SMILES string of the molecule is C[C@@H]1CN(Cc2ccc(F)cc2)CCN1C(=O)/C=C/c1cc2ccccc2cc1N.C[C@@H]1CN(Cc2ccc(F)cc2)CCN1C(=O)/C=C/c1cc2ccccc2cc1[N+](=O)[O-]. The van der Waals surface area contributed by atoms with E-state index in [1.54, 1.807) is 29.2 Å². The maximum absolute atomic E-state index is 13.1. The van der Waals surface area contributed by atoms with Crippen molar-refractivity contribution >= 4 is 56.9 Å². The smallest absolute Gasteiger partial charge is 0.277 e. The molecule has 12 heteroatoms. The number of carbonyl (C=O) groups excluding carboxylic acids is 2. The number of piperazine rings is 2. The molecular weight excluding hydrogens is 787 g/mol. The second-order valence-electron chi connectivity index (χ2n) is 16.0. The highest BCUT2D eigenvalue weighted by molar-refractivity contribution is 5.96. The third-order valence-electron chi connectivity index (χ3n) is 11.5. The molecule has 0 bridgehead atoms. The fourth-order valence-electron chi connectivity index (χ4n) is 8.18. The van der Waals surface area contributed by atoms with Gasteiger partial charge in [-0.25, -0.2) is 8.78 Å². The third-order valence-corrected chi connectivity index (χ3v) is 11.5. The summed E-state index contributed by atoms with van der Waals surface area (Å²) in [5, 5.41) is 15.4. The summed E-state index contributed by atoms with van der Waals surface area (Å²) in [6.07, 6.45) is 6.38. The second-order valence-corrected chi connectivity index (χ2v) is 16.0. The molecular formula is C50H50F2N6O4. The Hall–Kier alpha value is -6.76. The Bertz CT molecular complexity index is 2620. The van der Waals surface area contributed by atoms with E-state index in [1.165, 1.54) is 42.5 Å². The predicted octanol–water partition coefficient (Wildman–Crippen LogP) is 8.94. The van der Waals surface area contributed by atoms with Gasteiger partial charge in [-0.05, 0) is 107 Å². The van der Waals surface area contributed by atoms with Crippen molar-refractivity contribution in [3.8, 4) is 0 Å². The minimum Gasteiger partial charge on any atom is -0.398 e. The van der Waals surface area contributed by atoms with Crippen LogP contribution in [0, 0.1) is 21.7 Å². The van der Waals surface area contributed by atoms with Gasteiger partial charge in [0.1, 0.15) is 11.6 Å². The zero-order valence-corrected chi connectivity index (χ0v) is 34.9. The molecule has 2 atom stereocenters. The molecule has 10 nitrogen and oxygen atoms in total. The van der Waals surface area contributed by atoms with Gasteiger partial charge in [0.15, 0.2) is 0 Å². The Kier molecular flexibility index (Phi) is 13.8. The summed E-state index contributed by atoms with van der Waals surface area (Å²) >= 11 is 0. The number of nitro groups is 1. The molecule has 318 valence electrons. The van der Waals surface area contributed by atoms with E-state index in [0.717, 1.165) is 57.9 Å². The fourth-order valence-corrected chi connectivity index (χ4v) is 8.18. The van der Waals surface area contributed by atoms with Crippen LogP contribution in [-0.4, -0.2) is 87.7 Å². The van der Waals surface area contributed by atoms with E-state index >= 15 is 0 Å². The maximum Gasteiger partial charge on any atom is 0.277 e. The Labute approximate surface area is 360 Å². The average Bonchev–Trinajstić information content (AvgIpc) is 3.26. The molecule has 8 rings (SSSR count). The van der Waals surface area contributed by atoms with Crippen LogP contribution in [0.25, 0.3) is 33.7 Å². The summed E-state index contributed by atoms with van der Waals surface area (Å²) in [7, 11) is 0. The minimum absolute atomic E-state index is 0.00325. The van der Waals surface area contributed by atoms with Gasteiger partial charge in [-0.1, -0.05) is 72.8 Å². The van der Waals surface area contributed by atoms with E-state index in [-0.39, 0.29) is 41.2 Å². The van der Waals surface area contributed by atoms with Crippen LogP contribution in [0.2, 0.25) is 0 Å². The van der Waals surface area contributed by atoms with Gasteiger partial charge < -0.3 is 15.5 Å². The van der Waals surface area contributed by atoms with Gasteiger partial charge in [-0.2, -0.15) is 0 Å². The number of carbonyl (C=O) groups is 2. The zero-order chi connectivity index (χ0) is 43.8. The molecule has 6 aromatic carbocycles. The van der Waals surface area contributed by atoms with Crippen molar-refractivity contribution < 1.29 is 23.3 Å². The van der Waals surface area contributed by atoms with Crippen molar-refractivity contribution in [1.82, 2.24) is 19.6 Å². The largest absolute Gasteiger partial charge is 0.398 e. The predicted molar refractivity (Wildman–Crippen MR) is 243 cm³/mol. The summed E-state index contributed by atoms with van der Waals surface area (Å²) in [4.78, 5) is 44.9. The second kappa shape index (κ2) is 19.7. The monoisotopic (exact) mass is 836 g/mol. The molecule has 62 heavy (non-hydrogen) atoms. The van der Waals surface area contributed by atoms with Gasteiger partial charge in [-0.15, -0.1) is 0 Å². The van der Waals surface area contributed by atoms with Crippen molar-refractivity contribution in [2.75, 3.05) is 45.0 Å². The van der Waals surface area contributed by atoms with Gasteiger partial charge >= 0.3 is 0 Å². The Balaban J connectivity index is 0.000000187. The summed E-state index contributed by atoms with van der Waals surface area (Å²) in [5.74, 6) is -0.643. The molecule has 0 spiro atoms. The van der Waals surface area contributed by atoms with Crippen molar-refractivity contribution in [2.45, 2.75) is 39.0 Å². The van der Waals surface area contributed by atoms with Gasteiger partial charge in [0.25, 0.3) is 5.69 Å². The lowest BCUT2D eigenvalue weighted by molar-refractivity contribution is -0.384. The number of nitrogen functional groups attached to an aromatic ring is 1. The molecule has 0 saturated carbocycles. The number of nitrogens with zero attached hydrogens (tertiary/aromatic N) is 5. The van der Waals surface area contributed by atoms with Crippen molar-refractivity contribution in [1.29, 1.82) is 0 Å². The molecule has 2 aliphatic rings. The Morgan fingerprint density at radius 1 is 0.629 bits per heavy atom. The average molecular weight is 837 g/mol. The zero-order valence-electron chi connectivity index (χ0n) is 34.9. The number of amides is 2. The number of hydrogen-bond donors (Lipinski definition) is 1. The number of hydrogen-bond acceptors (Lipinski definition) is 7.